The molecule has 0 heterocycles. The molecule has 0 saturated heterocycles. The summed E-state index contributed by atoms with van der Waals surface area (Å²) in [5.74, 6) is -0.128. The Hall–Kier alpha value is -0.780. The lowest BCUT2D eigenvalue weighted by molar-refractivity contribution is 0.217. The third kappa shape index (κ3) is 2.84. The molecule has 0 aliphatic heterocycles. The molecule has 0 bridgehead atoms. The highest BCUT2D eigenvalue weighted by atomic mass is 35.5. The Morgan fingerprint density at radius 1 is 1.47 bits per heavy atom. The van der Waals surface area contributed by atoms with Crippen LogP contribution in [-0.4, -0.2) is 27.9 Å². The number of halogens is 1. The van der Waals surface area contributed by atoms with Gasteiger partial charge in [-0.05, 0) is 12.1 Å². The topological polar surface area (TPSA) is 69.4 Å². The fourth-order valence-corrected chi connectivity index (χ4v) is 3.07. The van der Waals surface area contributed by atoms with Gasteiger partial charge in [0.1, 0.15) is 4.90 Å². The molecule has 1 rings (SSSR count). The fraction of sp³-hybridized carbons (Fsp3) is 0.333. The first-order valence-corrected chi connectivity index (χ1v) is 6.27. The molecule has 4 nitrogen and oxygen atoms in total. The number of sulfone groups is 1. The second-order valence-electron chi connectivity index (χ2n) is 2.97. The van der Waals surface area contributed by atoms with Crippen molar-refractivity contribution in [2.75, 3.05) is 25.2 Å². The number of hydrogen-bond donors (Lipinski definition) is 1. The first kappa shape index (κ1) is 12.3. The molecule has 0 aliphatic rings. The maximum absolute atomic E-state index is 11.8. The third-order valence-electron chi connectivity index (χ3n) is 1.86. The van der Waals surface area contributed by atoms with E-state index >= 15 is 0 Å². The number of methoxy groups -OCH3 is 1. The second-order valence-corrected chi connectivity index (χ2v) is 5.42. The SMILES string of the molecule is COCCS(=O)(=O)c1c(N)cccc1Cl. The van der Waals surface area contributed by atoms with Gasteiger partial charge >= 0.3 is 0 Å². The minimum atomic E-state index is -3.47. The third-order valence-corrected chi connectivity index (χ3v) is 4.07. The molecular weight excluding hydrogens is 238 g/mol. The number of hydrogen-bond acceptors (Lipinski definition) is 4. The van der Waals surface area contributed by atoms with Crippen LogP contribution in [0.25, 0.3) is 0 Å². The van der Waals surface area contributed by atoms with Crippen LogP contribution in [0.15, 0.2) is 23.1 Å². The van der Waals surface area contributed by atoms with Crippen LogP contribution in [0.5, 0.6) is 0 Å². The summed E-state index contributed by atoms with van der Waals surface area (Å²) in [5, 5.41) is 0.145. The lowest BCUT2D eigenvalue weighted by Gasteiger charge is -2.08. The largest absolute Gasteiger partial charge is 0.398 e. The van der Waals surface area contributed by atoms with Crippen LogP contribution in [-0.2, 0) is 14.6 Å². The van der Waals surface area contributed by atoms with Crippen molar-refractivity contribution in [3.05, 3.63) is 23.2 Å². The van der Waals surface area contributed by atoms with E-state index in [1.54, 1.807) is 6.07 Å². The van der Waals surface area contributed by atoms with Crippen molar-refractivity contribution in [2.24, 2.45) is 0 Å². The molecule has 0 aliphatic carbocycles. The second kappa shape index (κ2) is 4.83. The Labute approximate surface area is 93.9 Å². The Kier molecular flexibility index (Phi) is 3.96. The molecule has 0 radical (unpaired) electrons. The van der Waals surface area contributed by atoms with Crippen molar-refractivity contribution in [3.8, 4) is 0 Å². The van der Waals surface area contributed by atoms with Gasteiger partial charge < -0.3 is 10.5 Å². The molecule has 1 aromatic carbocycles. The smallest absolute Gasteiger partial charge is 0.184 e. The summed E-state index contributed by atoms with van der Waals surface area (Å²) in [6.45, 7) is 0.118. The summed E-state index contributed by atoms with van der Waals surface area (Å²) in [4.78, 5) is -0.0104. The highest BCUT2D eigenvalue weighted by Gasteiger charge is 2.20. The number of ether oxygens (including phenoxy) is 1. The molecule has 0 saturated carbocycles. The number of anilines is 1. The Balaban J connectivity index is 3.15. The van der Waals surface area contributed by atoms with Gasteiger partial charge in [-0.3, -0.25) is 0 Å². The Morgan fingerprint density at radius 3 is 2.67 bits per heavy atom. The summed E-state index contributed by atoms with van der Waals surface area (Å²) >= 11 is 5.79. The van der Waals surface area contributed by atoms with Gasteiger partial charge in [-0.1, -0.05) is 17.7 Å². The molecule has 0 aromatic heterocycles. The van der Waals surface area contributed by atoms with Crippen molar-refractivity contribution >= 4 is 27.1 Å². The molecule has 84 valence electrons. The van der Waals surface area contributed by atoms with Crippen LogP contribution >= 0.6 is 11.6 Å². The van der Waals surface area contributed by atoms with E-state index in [0.717, 1.165) is 0 Å². The van der Waals surface area contributed by atoms with E-state index in [1.807, 2.05) is 0 Å². The maximum atomic E-state index is 11.8. The number of benzene rings is 1. The van der Waals surface area contributed by atoms with E-state index in [9.17, 15) is 8.42 Å². The van der Waals surface area contributed by atoms with Gasteiger partial charge in [0.25, 0.3) is 0 Å². The van der Waals surface area contributed by atoms with Crippen molar-refractivity contribution in [2.45, 2.75) is 4.90 Å². The van der Waals surface area contributed by atoms with Crippen LogP contribution in [0, 0.1) is 0 Å². The molecule has 0 spiro atoms. The summed E-state index contributed by atoms with van der Waals surface area (Å²) in [6.07, 6.45) is 0. The van der Waals surface area contributed by atoms with Crippen LogP contribution in [0.2, 0.25) is 5.02 Å². The van der Waals surface area contributed by atoms with Crippen molar-refractivity contribution in [3.63, 3.8) is 0 Å². The van der Waals surface area contributed by atoms with E-state index in [1.165, 1.54) is 19.2 Å². The average Bonchev–Trinajstić information content (AvgIpc) is 2.14. The zero-order valence-corrected chi connectivity index (χ0v) is 9.81. The first-order valence-electron chi connectivity index (χ1n) is 4.24. The normalized spacial score (nSPS) is 11.6. The lowest BCUT2D eigenvalue weighted by Crippen LogP contribution is -2.13. The molecule has 0 atom stereocenters. The fourth-order valence-electron chi connectivity index (χ4n) is 1.15. The van der Waals surface area contributed by atoms with Crippen LogP contribution in [0.3, 0.4) is 0 Å². The van der Waals surface area contributed by atoms with Gasteiger partial charge in [0.2, 0.25) is 0 Å². The molecule has 2 N–H and O–H groups in total. The molecule has 15 heavy (non-hydrogen) atoms. The Morgan fingerprint density at radius 2 is 2.13 bits per heavy atom. The van der Waals surface area contributed by atoms with Crippen LogP contribution < -0.4 is 5.73 Å². The van der Waals surface area contributed by atoms with Crippen molar-refractivity contribution in [1.29, 1.82) is 0 Å². The van der Waals surface area contributed by atoms with E-state index in [-0.39, 0.29) is 28.0 Å². The zero-order chi connectivity index (χ0) is 11.5. The first-order chi connectivity index (χ1) is 6.99. The molecular formula is C9H12ClNO3S. The predicted molar refractivity (Wildman–Crippen MR) is 59.8 cm³/mol. The highest BCUT2D eigenvalue weighted by Crippen LogP contribution is 2.27. The van der Waals surface area contributed by atoms with E-state index in [2.05, 4.69) is 0 Å². The average molecular weight is 250 g/mol. The molecule has 0 amide bonds. The van der Waals surface area contributed by atoms with Gasteiger partial charge in [-0.25, -0.2) is 8.42 Å². The minimum absolute atomic E-state index is 0.0104. The van der Waals surface area contributed by atoms with Gasteiger partial charge in [-0.15, -0.1) is 0 Å². The van der Waals surface area contributed by atoms with E-state index in [4.69, 9.17) is 22.1 Å². The Bertz CT molecular complexity index is 424. The number of rotatable bonds is 4. The predicted octanol–water partition coefficient (Wildman–Crippen LogP) is 1.34. The minimum Gasteiger partial charge on any atom is -0.398 e. The molecule has 6 heteroatoms. The lowest BCUT2D eigenvalue weighted by atomic mass is 10.3. The summed E-state index contributed by atoms with van der Waals surface area (Å²) in [7, 11) is -2.03. The summed E-state index contributed by atoms with van der Waals surface area (Å²) in [5.41, 5.74) is 5.74. The highest BCUT2D eigenvalue weighted by molar-refractivity contribution is 7.91. The van der Waals surface area contributed by atoms with Crippen molar-refractivity contribution < 1.29 is 13.2 Å². The quantitative estimate of drug-likeness (QED) is 0.818. The molecule has 0 unspecified atom stereocenters. The summed E-state index contributed by atoms with van der Waals surface area (Å²) in [6, 6.07) is 4.61. The van der Waals surface area contributed by atoms with Crippen LogP contribution in [0.1, 0.15) is 0 Å². The molecule has 1 aromatic rings. The molecule has 0 fully saturated rings. The van der Waals surface area contributed by atoms with E-state index in [0.29, 0.717) is 0 Å². The van der Waals surface area contributed by atoms with E-state index < -0.39 is 9.84 Å². The standard InChI is InChI=1S/C9H12ClNO3S/c1-14-5-6-15(12,13)9-7(10)3-2-4-8(9)11/h2-4H,5-6,11H2,1H3. The zero-order valence-electron chi connectivity index (χ0n) is 8.23. The number of nitrogens with two attached hydrogens (primary N) is 1. The van der Waals surface area contributed by atoms with Gasteiger partial charge in [-0.2, -0.15) is 0 Å². The summed E-state index contributed by atoms with van der Waals surface area (Å²) < 4.78 is 28.3. The van der Waals surface area contributed by atoms with Gasteiger partial charge in [0.15, 0.2) is 9.84 Å². The van der Waals surface area contributed by atoms with Gasteiger partial charge in [0, 0.05) is 7.11 Å². The maximum Gasteiger partial charge on any atom is 0.184 e. The van der Waals surface area contributed by atoms with Crippen LogP contribution in [0.4, 0.5) is 5.69 Å². The van der Waals surface area contributed by atoms with Gasteiger partial charge in [0.05, 0.1) is 23.1 Å². The van der Waals surface area contributed by atoms with Crippen molar-refractivity contribution in [1.82, 2.24) is 0 Å². The monoisotopic (exact) mass is 249 g/mol. The number of nitrogen functional groups attached to an aromatic ring is 1.